The van der Waals surface area contributed by atoms with Crippen LogP contribution in [-0.2, 0) is 0 Å². The van der Waals surface area contributed by atoms with E-state index >= 15 is 0 Å². The van der Waals surface area contributed by atoms with Gasteiger partial charge in [-0.3, -0.25) is 0 Å². The Kier molecular flexibility index (Phi) is 7.91. The molecule has 0 saturated carbocycles. The SMILES string of the molecule is CC[C@@H](C)c1nc(N)cnc1C#N.CC[C@H](C)c1nc(N)cnc1C#N. The van der Waals surface area contributed by atoms with E-state index in [0.29, 0.717) is 34.4 Å². The first-order valence-electron chi connectivity index (χ1n) is 8.42. The standard InChI is InChI=1S/2C9H12N4/c2*1-3-6(2)9-7(4-10)12-5-8(11)13-9/h2*5-6H,3H2,1-2H3,(H2,11,13)/t2*6-/m10/s1. The van der Waals surface area contributed by atoms with Gasteiger partial charge in [-0.15, -0.1) is 0 Å². The minimum atomic E-state index is 0.227. The van der Waals surface area contributed by atoms with Gasteiger partial charge in [-0.25, -0.2) is 19.9 Å². The van der Waals surface area contributed by atoms with Gasteiger partial charge in [-0.2, -0.15) is 10.5 Å². The Balaban J connectivity index is 0.000000260. The Hall–Kier alpha value is -3.26. The van der Waals surface area contributed by atoms with Gasteiger partial charge in [0.15, 0.2) is 11.4 Å². The molecule has 0 unspecified atom stereocenters. The number of anilines is 2. The van der Waals surface area contributed by atoms with Crippen LogP contribution in [0.4, 0.5) is 11.6 Å². The second-order valence-corrected chi connectivity index (χ2v) is 5.90. The smallest absolute Gasteiger partial charge is 0.162 e. The number of hydrogen-bond donors (Lipinski definition) is 2. The van der Waals surface area contributed by atoms with Crippen molar-refractivity contribution >= 4 is 11.6 Å². The highest BCUT2D eigenvalue weighted by Crippen LogP contribution is 2.20. The van der Waals surface area contributed by atoms with Gasteiger partial charge < -0.3 is 11.5 Å². The average Bonchev–Trinajstić information content (AvgIpc) is 2.67. The zero-order valence-corrected chi connectivity index (χ0v) is 15.6. The third kappa shape index (κ3) is 5.38. The molecular weight excluding hydrogens is 328 g/mol. The van der Waals surface area contributed by atoms with Crippen molar-refractivity contribution in [2.24, 2.45) is 0 Å². The summed E-state index contributed by atoms with van der Waals surface area (Å²) in [4.78, 5) is 16.0. The molecular formula is C18H24N8. The Morgan fingerprint density at radius 3 is 1.46 bits per heavy atom. The predicted octanol–water partition coefficient (Wildman–Crippen LogP) is 2.89. The van der Waals surface area contributed by atoms with Gasteiger partial charge in [0.05, 0.1) is 23.8 Å². The minimum absolute atomic E-state index is 0.227. The molecule has 2 heterocycles. The van der Waals surface area contributed by atoms with Crippen LogP contribution in [0.15, 0.2) is 12.4 Å². The summed E-state index contributed by atoms with van der Waals surface area (Å²) in [7, 11) is 0. The Bertz CT molecular complexity index is 749. The number of nitrogen functional groups attached to an aromatic ring is 2. The van der Waals surface area contributed by atoms with Crippen LogP contribution in [0.1, 0.15) is 75.1 Å². The molecule has 0 amide bonds. The minimum Gasteiger partial charge on any atom is -0.382 e. The fourth-order valence-corrected chi connectivity index (χ4v) is 2.08. The molecule has 0 radical (unpaired) electrons. The molecule has 136 valence electrons. The van der Waals surface area contributed by atoms with E-state index in [1.54, 1.807) is 0 Å². The Morgan fingerprint density at radius 2 is 1.19 bits per heavy atom. The van der Waals surface area contributed by atoms with Gasteiger partial charge in [-0.05, 0) is 12.8 Å². The number of aromatic nitrogens is 4. The van der Waals surface area contributed by atoms with Crippen molar-refractivity contribution in [1.82, 2.24) is 19.9 Å². The second kappa shape index (κ2) is 9.90. The summed E-state index contributed by atoms with van der Waals surface area (Å²) in [6.07, 6.45) is 4.66. The van der Waals surface area contributed by atoms with Crippen molar-refractivity contribution in [3.63, 3.8) is 0 Å². The third-order valence-corrected chi connectivity index (χ3v) is 4.01. The zero-order chi connectivity index (χ0) is 19.7. The van der Waals surface area contributed by atoms with Crippen molar-refractivity contribution in [2.45, 2.75) is 52.4 Å². The first-order chi connectivity index (χ1) is 12.4. The lowest BCUT2D eigenvalue weighted by atomic mass is 10.0. The summed E-state index contributed by atoms with van der Waals surface area (Å²) >= 11 is 0. The molecule has 26 heavy (non-hydrogen) atoms. The highest BCUT2D eigenvalue weighted by Gasteiger charge is 2.12. The molecule has 0 spiro atoms. The van der Waals surface area contributed by atoms with E-state index in [1.165, 1.54) is 12.4 Å². The molecule has 2 atom stereocenters. The van der Waals surface area contributed by atoms with E-state index in [2.05, 4.69) is 19.9 Å². The zero-order valence-electron chi connectivity index (χ0n) is 15.6. The van der Waals surface area contributed by atoms with Crippen molar-refractivity contribution < 1.29 is 0 Å². The van der Waals surface area contributed by atoms with E-state index in [4.69, 9.17) is 22.0 Å². The van der Waals surface area contributed by atoms with E-state index in [0.717, 1.165) is 12.8 Å². The van der Waals surface area contributed by atoms with Gasteiger partial charge >= 0.3 is 0 Å². The second-order valence-electron chi connectivity index (χ2n) is 5.90. The number of rotatable bonds is 4. The van der Waals surface area contributed by atoms with Gasteiger partial charge in [0.2, 0.25) is 0 Å². The Morgan fingerprint density at radius 1 is 0.846 bits per heavy atom. The summed E-state index contributed by atoms with van der Waals surface area (Å²) in [5.74, 6) is 1.19. The maximum atomic E-state index is 8.76. The first kappa shape index (κ1) is 20.8. The van der Waals surface area contributed by atoms with Gasteiger partial charge in [0, 0.05) is 11.8 Å². The normalized spacial score (nSPS) is 12.1. The summed E-state index contributed by atoms with van der Waals surface area (Å²) < 4.78 is 0. The lowest BCUT2D eigenvalue weighted by Crippen LogP contribution is -2.04. The summed E-state index contributed by atoms with van der Waals surface area (Å²) in [6, 6.07) is 4.02. The first-order valence-corrected chi connectivity index (χ1v) is 8.42. The van der Waals surface area contributed by atoms with Crippen molar-refractivity contribution in [3.8, 4) is 12.1 Å². The maximum Gasteiger partial charge on any atom is 0.162 e. The lowest BCUT2D eigenvalue weighted by molar-refractivity contribution is 0.701. The average molecular weight is 352 g/mol. The number of nitrogens with zero attached hydrogens (tertiary/aromatic N) is 6. The van der Waals surface area contributed by atoms with Crippen LogP contribution >= 0.6 is 0 Å². The van der Waals surface area contributed by atoms with Crippen LogP contribution in [0, 0.1) is 22.7 Å². The fraction of sp³-hybridized carbons (Fsp3) is 0.444. The van der Waals surface area contributed by atoms with E-state index in [1.807, 2.05) is 39.8 Å². The van der Waals surface area contributed by atoms with Crippen LogP contribution in [0.3, 0.4) is 0 Å². The van der Waals surface area contributed by atoms with Gasteiger partial charge in [-0.1, -0.05) is 27.7 Å². The largest absolute Gasteiger partial charge is 0.382 e. The molecule has 4 N–H and O–H groups in total. The highest BCUT2D eigenvalue weighted by molar-refractivity contribution is 5.35. The number of hydrogen-bond acceptors (Lipinski definition) is 8. The topological polar surface area (TPSA) is 151 Å². The summed E-state index contributed by atoms with van der Waals surface area (Å²) in [6.45, 7) is 8.09. The van der Waals surface area contributed by atoms with Crippen LogP contribution in [0.2, 0.25) is 0 Å². The van der Waals surface area contributed by atoms with Crippen LogP contribution in [-0.4, -0.2) is 19.9 Å². The molecule has 0 aliphatic rings. The molecule has 2 rings (SSSR count). The van der Waals surface area contributed by atoms with E-state index in [-0.39, 0.29) is 11.8 Å². The molecule has 2 aromatic rings. The molecule has 0 aliphatic carbocycles. The Labute approximate surface area is 153 Å². The molecule has 0 saturated heterocycles. The molecule has 0 fully saturated rings. The van der Waals surface area contributed by atoms with Gasteiger partial charge in [0.1, 0.15) is 23.8 Å². The van der Waals surface area contributed by atoms with Crippen molar-refractivity contribution in [3.05, 3.63) is 35.2 Å². The van der Waals surface area contributed by atoms with Crippen molar-refractivity contribution in [1.29, 1.82) is 10.5 Å². The van der Waals surface area contributed by atoms with Crippen molar-refractivity contribution in [2.75, 3.05) is 11.5 Å². The third-order valence-electron chi connectivity index (χ3n) is 4.01. The predicted molar refractivity (Wildman–Crippen MR) is 99.7 cm³/mol. The highest BCUT2D eigenvalue weighted by atomic mass is 14.9. The molecule has 0 aliphatic heterocycles. The number of nitrogens with two attached hydrogens (primary N) is 2. The van der Waals surface area contributed by atoms with E-state index < -0.39 is 0 Å². The molecule has 0 aromatic carbocycles. The van der Waals surface area contributed by atoms with Gasteiger partial charge in [0.25, 0.3) is 0 Å². The monoisotopic (exact) mass is 352 g/mol. The maximum absolute atomic E-state index is 8.76. The lowest BCUT2D eigenvalue weighted by Gasteiger charge is -2.08. The number of nitriles is 2. The van der Waals surface area contributed by atoms with Crippen LogP contribution < -0.4 is 11.5 Å². The van der Waals surface area contributed by atoms with E-state index in [9.17, 15) is 0 Å². The van der Waals surface area contributed by atoms with Crippen LogP contribution in [0.25, 0.3) is 0 Å². The van der Waals surface area contributed by atoms with Crippen LogP contribution in [0.5, 0.6) is 0 Å². The quantitative estimate of drug-likeness (QED) is 0.852. The molecule has 8 heteroatoms. The summed E-state index contributed by atoms with van der Waals surface area (Å²) in [5, 5.41) is 17.5. The fourth-order valence-electron chi connectivity index (χ4n) is 2.08. The molecule has 2 aromatic heterocycles. The molecule has 8 nitrogen and oxygen atoms in total. The molecule has 0 bridgehead atoms. The summed E-state index contributed by atoms with van der Waals surface area (Å²) in [5.41, 5.74) is 13.1.